The number of hydrogen-bond acceptors (Lipinski definition) is 5. The summed E-state index contributed by atoms with van der Waals surface area (Å²) in [5.41, 5.74) is 1.43. The van der Waals surface area contributed by atoms with E-state index in [1.54, 1.807) is 19.0 Å². The van der Waals surface area contributed by atoms with Gasteiger partial charge < -0.3 is 14.8 Å². The van der Waals surface area contributed by atoms with Gasteiger partial charge in [0.1, 0.15) is 5.54 Å². The molecule has 4 aliphatic rings. The number of piperidine rings is 2. The van der Waals surface area contributed by atoms with Crippen molar-refractivity contribution in [2.75, 3.05) is 40.3 Å². The van der Waals surface area contributed by atoms with E-state index in [0.29, 0.717) is 44.3 Å². The van der Waals surface area contributed by atoms with Crippen molar-refractivity contribution in [1.82, 2.24) is 24.6 Å². The van der Waals surface area contributed by atoms with Gasteiger partial charge in [0, 0.05) is 64.0 Å². The molecule has 8 nitrogen and oxygen atoms in total. The first-order chi connectivity index (χ1) is 13.9. The third kappa shape index (κ3) is 2.76. The summed E-state index contributed by atoms with van der Waals surface area (Å²) in [5, 5.41) is 3.48. The summed E-state index contributed by atoms with van der Waals surface area (Å²) in [5.74, 6) is 0.888. The lowest BCUT2D eigenvalue weighted by molar-refractivity contribution is -0.134. The van der Waals surface area contributed by atoms with Crippen LogP contribution in [0.15, 0.2) is 16.9 Å². The van der Waals surface area contributed by atoms with Crippen molar-refractivity contribution in [2.45, 2.75) is 43.8 Å². The summed E-state index contributed by atoms with van der Waals surface area (Å²) in [7, 11) is 3.28. The molecule has 1 aromatic heterocycles. The molecule has 29 heavy (non-hydrogen) atoms. The van der Waals surface area contributed by atoms with E-state index in [2.05, 4.69) is 16.3 Å². The normalized spacial score (nSPS) is 28.9. The molecule has 8 heteroatoms. The van der Waals surface area contributed by atoms with Crippen molar-refractivity contribution >= 4 is 11.9 Å². The van der Waals surface area contributed by atoms with E-state index < -0.39 is 5.54 Å². The molecular formula is C21H29N5O3. The Morgan fingerprint density at radius 1 is 1.10 bits per heavy atom. The third-order valence-corrected chi connectivity index (χ3v) is 7.58. The highest BCUT2D eigenvalue weighted by Gasteiger charge is 2.55. The second-order valence-electron chi connectivity index (χ2n) is 9.17. The molecular weight excluding hydrogens is 370 g/mol. The van der Waals surface area contributed by atoms with Crippen LogP contribution in [0.2, 0.25) is 0 Å². The Labute approximate surface area is 170 Å². The van der Waals surface area contributed by atoms with Gasteiger partial charge in [-0.15, -0.1) is 0 Å². The monoisotopic (exact) mass is 399 g/mol. The van der Waals surface area contributed by atoms with Gasteiger partial charge in [0.2, 0.25) is 0 Å². The molecule has 1 N–H and O–H groups in total. The quantitative estimate of drug-likeness (QED) is 0.729. The molecule has 156 valence electrons. The van der Waals surface area contributed by atoms with Crippen LogP contribution < -0.4 is 10.9 Å². The van der Waals surface area contributed by atoms with Gasteiger partial charge in [0.05, 0.1) is 0 Å². The lowest BCUT2D eigenvalue weighted by Gasteiger charge is -2.41. The number of nitrogens with zero attached hydrogens (tertiary/aromatic N) is 4. The van der Waals surface area contributed by atoms with E-state index in [0.717, 1.165) is 25.2 Å². The first-order valence-electron chi connectivity index (χ1n) is 10.6. The van der Waals surface area contributed by atoms with Gasteiger partial charge >= 0.3 is 6.03 Å². The standard InChI is InChI=1S/C21H29N5O3/c1-23-19(28)21(24(2)20(23)29)5-7-25(8-6-21)13-15-3-4-17-16-9-14(10-22-11-16)12-26(17)18(15)27/h3-4,14,16,22H,5-13H2,1-2H3/t14-,16+/m0/s1. The van der Waals surface area contributed by atoms with Gasteiger partial charge in [-0.05, 0) is 37.8 Å². The summed E-state index contributed by atoms with van der Waals surface area (Å²) >= 11 is 0. The summed E-state index contributed by atoms with van der Waals surface area (Å²) in [4.78, 5) is 43.1. The fourth-order valence-electron chi connectivity index (χ4n) is 5.78. The number of aromatic nitrogens is 1. The Hall–Kier alpha value is -2.19. The molecule has 0 radical (unpaired) electrons. The maximum Gasteiger partial charge on any atom is 0.327 e. The maximum atomic E-state index is 13.2. The second-order valence-corrected chi connectivity index (χ2v) is 9.17. The third-order valence-electron chi connectivity index (χ3n) is 7.58. The van der Waals surface area contributed by atoms with E-state index in [1.165, 1.54) is 17.0 Å². The number of nitrogens with one attached hydrogen (secondary N) is 1. The number of imide groups is 1. The fourth-order valence-corrected chi connectivity index (χ4v) is 5.78. The molecule has 3 amide bonds. The average Bonchev–Trinajstić information content (AvgIpc) is 2.88. The Morgan fingerprint density at radius 3 is 2.55 bits per heavy atom. The Bertz CT molecular complexity index is 917. The number of amides is 3. The number of likely N-dealkylation sites (tertiary alicyclic amines) is 1. The fraction of sp³-hybridized carbons (Fsp3) is 0.667. The van der Waals surface area contributed by atoms with Gasteiger partial charge in [-0.2, -0.15) is 0 Å². The molecule has 5 heterocycles. The second kappa shape index (κ2) is 6.67. The zero-order chi connectivity index (χ0) is 20.3. The largest absolute Gasteiger partial charge is 0.327 e. The molecule has 3 fully saturated rings. The number of pyridine rings is 1. The van der Waals surface area contributed by atoms with Crippen LogP contribution in [0.25, 0.3) is 0 Å². The Morgan fingerprint density at radius 2 is 1.86 bits per heavy atom. The van der Waals surface area contributed by atoms with Gasteiger partial charge in [-0.1, -0.05) is 6.07 Å². The number of urea groups is 1. The molecule has 0 aromatic carbocycles. The predicted octanol–water partition coefficient (Wildman–Crippen LogP) is 0.413. The van der Waals surface area contributed by atoms with Crippen LogP contribution in [0.3, 0.4) is 0 Å². The Kier molecular flexibility index (Phi) is 4.33. The number of likely N-dealkylation sites (N-methyl/N-ethyl adjacent to an activating group) is 2. The van der Waals surface area contributed by atoms with Crippen LogP contribution >= 0.6 is 0 Å². The summed E-state index contributed by atoms with van der Waals surface area (Å²) in [6, 6.07) is 3.91. The van der Waals surface area contributed by atoms with Crippen molar-refractivity contribution in [1.29, 1.82) is 0 Å². The van der Waals surface area contributed by atoms with Crippen LogP contribution in [-0.2, 0) is 17.9 Å². The number of rotatable bonds is 2. The molecule has 2 atom stereocenters. The maximum absolute atomic E-state index is 13.2. The molecule has 3 saturated heterocycles. The van der Waals surface area contributed by atoms with Crippen molar-refractivity contribution < 1.29 is 9.59 Å². The SMILES string of the molecule is CN1C(=O)N(C)C2(CCN(Cc3ccc4n(c3=O)C[C@@H]3CNC[C@H]4C3)CC2)C1=O. The van der Waals surface area contributed by atoms with E-state index in [9.17, 15) is 14.4 Å². The molecule has 1 aromatic rings. The van der Waals surface area contributed by atoms with Crippen LogP contribution in [0.5, 0.6) is 0 Å². The molecule has 5 rings (SSSR count). The average molecular weight is 399 g/mol. The molecule has 2 bridgehead atoms. The highest BCUT2D eigenvalue weighted by Crippen LogP contribution is 2.36. The highest BCUT2D eigenvalue weighted by molar-refractivity contribution is 6.06. The van der Waals surface area contributed by atoms with Crippen molar-refractivity contribution in [2.24, 2.45) is 5.92 Å². The highest BCUT2D eigenvalue weighted by atomic mass is 16.2. The number of carbonyl (C=O) groups is 2. The van der Waals surface area contributed by atoms with Crippen molar-refractivity contribution in [3.63, 3.8) is 0 Å². The smallest absolute Gasteiger partial charge is 0.316 e. The van der Waals surface area contributed by atoms with Crippen molar-refractivity contribution in [3.8, 4) is 0 Å². The van der Waals surface area contributed by atoms with Gasteiger partial charge in [0.15, 0.2) is 0 Å². The van der Waals surface area contributed by atoms with Crippen LogP contribution in [0, 0.1) is 5.92 Å². The van der Waals surface area contributed by atoms with Crippen LogP contribution in [0.4, 0.5) is 4.79 Å². The molecule has 0 unspecified atom stereocenters. The topological polar surface area (TPSA) is 77.9 Å². The number of hydrogen-bond donors (Lipinski definition) is 1. The lowest BCUT2D eigenvalue weighted by Crippen LogP contribution is -2.55. The van der Waals surface area contributed by atoms with E-state index in [-0.39, 0.29) is 17.5 Å². The molecule has 1 spiro atoms. The lowest BCUT2D eigenvalue weighted by atomic mass is 9.84. The zero-order valence-electron chi connectivity index (χ0n) is 17.2. The first kappa shape index (κ1) is 18.8. The molecule has 0 aliphatic carbocycles. The minimum Gasteiger partial charge on any atom is -0.316 e. The van der Waals surface area contributed by atoms with Gasteiger partial charge in [-0.25, -0.2) is 4.79 Å². The van der Waals surface area contributed by atoms with Crippen LogP contribution in [0.1, 0.15) is 36.4 Å². The first-order valence-corrected chi connectivity index (χ1v) is 10.6. The number of carbonyl (C=O) groups excluding carboxylic acids is 2. The minimum absolute atomic E-state index is 0.0985. The van der Waals surface area contributed by atoms with E-state index in [4.69, 9.17) is 0 Å². The molecule has 0 saturated carbocycles. The Balaban J connectivity index is 1.32. The zero-order valence-corrected chi connectivity index (χ0v) is 17.2. The van der Waals surface area contributed by atoms with Gasteiger partial charge in [-0.3, -0.25) is 19.4 Å². The predicted molar refractivity (Wildman–Crippen MR) is 108 cm³/mol. The van der Waals surface area contributed by atoms with Crippen LogP contribution in [-0.4, -0.2) is 77.0 Å². The minimum atomic E-state index is -0.711. The van der Waals surface area contributed by atoms with Crippen molar-refractivity contribution in [3.05, 3.63) is 33.7 Å². The number of fused-ring (bicyclic) bond motifs is 4. The summed E-state index contributed by atoms with van der Waals surface area (Å²) < 4.78 is 2.00. The molecule has 4 aliphatic heterocycles. The summed E-state index contributed by atoms with van der Waals surface area (Å²) in [6.07, 6.45) is 2.40. The van der Waals surface area contributed by atoms with Gasteiger partial charge in [0.25, 0.3) is 11.5 Å². The summed E-state index contributed by atoms with van der Waals surface area (Å²) in [6.45, 7) is 4.77. The van der Waals surface area contributed by atoms with E-state index in [1.807, 2.05) is 10.6 Å². The van der Waals surface area contributed by atoms with E-state index >= 15 is 0 Å².